The summed E-state index contributed by atoms with van der Waals surface area (Å²) < 4.78 is 7.05. The highest BCUT2D eigenvalue weighted by Crippen LogP contribution is 2.48. The van der Waals surface area contributed by atoms with Crippen LogP contribution in [-0.2, 0) is 16.0 Å². The number of benzene rings is 3. The number of aliphatic carboxylic acids is 1. The summed E-state index contributed by atoms with van der Waals surface area (Å²) in [4.78, 5) is 24.0. The minimum atomic E-state index is -0.710. The first kappa shape index (κ1) is 24.6. The van der Waals surface area contributed by atoms with Gasteiger partial charge in [-0.1, -0.05) is 78.3 Å². The molecule has 7 nitrogen and oxygen atoms in total. The van der Waals surface area contributed by atoms with Crippen LogP contribution >= 0.6 is 11.6 Å². The van der Waals surface area contributed by atoms with Crippen LogP contribution in [0.15, 0.2) is 85.1 Å². The molecule has 0 unspecified atom stereocenters. The zero-order chi connectivity index (χ0) is 26.0. The number of carbonyl (C=O) groups is 2. The highest BCUT2D eigenvalue weighted by atomic mass is 35.5. The molecule has 0 radical (unpaired) electrons. The van der Waals surface area contributed by atoms with Crippen molar-refractivity contribution in [3.63, 3.8) is 0 Å². The van der Waals surface area contributed by atoms with Crippen LogP contribution in [0.4, 0.5) is 10.6 Å². The second-order valence-corrected chi connectivity index (χ2v) is 9.75. The molecule has 1 atom stereocenters. The van der Waals surface area contributed by atoms with E-state index in [1.54, 1.807) is 11.6 Å². The number of carboxylic acids is 1. The van der Waals surface area contributed by atoms with Gasteiger partial charge in [0.25, 0.3) is 0 Å². The number of anilines is 1. The summed E-state index contributed by atoms with van der Waals surface area (Å²) in [6, 6.07) is 25.1. The fourth-order valence-corrected chi connectivity index (χ4v) is 4.50. The van der Waals surface area contributed by atoms with Gasteiger partial charge in [-0.05, 0) is 60.6 Å². The molecule has 1 heterocycles. The highest BCUT2D eigenvalue weighted by Gasteiger charge is 2.49. The van der Waals surface area contributed by atoms with Crippen molar-refractivity contribution in [3.8, 4) is 16.8 Å². The predicted octanol–water partition coefficient (Wildman–Crippen LogP) is 6.91. The Hall–Kier alpha value is -4.10. The van der Waals surface area contributed by atoms with Gasteiger partial charge < -0.3 is 9.84 Å². The van der Waals surface area contributed by atoms with Gasteiger partial charge >= 0.3 is 12.1 Å². The second-order valence-electron chi connectivity index (χ2n) is 9.34. The zero-order valence-corrected chi connectivity index (χ0v) is 21.0. The van der Waals surface area contributed by atoms with E-state index in [0.717, 1.165) is 40.8 Å². The number of aromatic nitrogens is 2. The van der Waals surface area contributed by atoms with Gasteiger partial charge in [-0.25, -0.2) is 9.48 Å². The quantitative estimate of drug-likeness (QED) is 0.266. The van der Waals surface area contributed by atoms with E-state index < -0.39 is 23.6 Å². The number of hydrogen-bond acceptors (Lipinski definition) is 4. The predicted molar refractivity (Wildman–Crippen MR) is 142 cm³/mol. The van der Waals surface area contributed by atoms with E-state index >= 15 is 0 Å². The Morgan fingerprint density at radius 3 is 2.24 bits per heavy atom. The molecule has 1 amide bonds. The number of rotatable bonds is 8. The summed E-state index contributed by atoms with van der Waals surface area (Å²) in [6.45, 7) is 1.80. The van der Waals surface area contributed by atoms with Crippen molar-refractivity contribution in [1.82, 2.24) is 9.78 Å². The molecule has 1 aromatic heterocycles. The molecule has 5 rings (SSSR count). The lowest BCUT2D eigenvalue weighted by Gasteiger charge is -2.15. The maximum Gasteiger partial charge on any atom is 0.413 e. The Labute approximate surface area is 219 Å². The fourth-order valence-electron chi connectivity index (χ4n) is 4.33. The fraction of sp³-hybridized carbons (Fsp3) is 0.207. The molecule has 3 aromatic carbocycles. The van der Waals surface area contributed by atoms with Gasteiger partial charge in [0, 0.05) is 0 Å². The van der Waals surface area contributed by atoms with Gasteiger partial charge in [-0.2, -0.15) is 5.10 Å². The third kappa shape index (κ3) is 5.37. The lowest BCUT2D eigenvalue weighted by Crippen LogP contribution is -2.18. The number of ether oxygens (including phenoxy) is 1. The molecule has 0 spiro atoms. The van der Waals surface area contributed by atoms with E-state index in [0.29, 0.717) is 17.3 Å². The first-order valence-electron chi connectivity index (χ1n) is 12.0. The number of carboxylic acid groups (broad SMARTS) is 1. The molecular weight excluding hydrogens is 490 g/mol. The SMILES string of the molecule is C[C@@H](OC(=O)Nc1c(Cl)cnn1-c1ccc(-c2ccc(CC3(C(=O)O)CC3)cc2)cc1)c1ccccc1. The van der Waals surface area contributed by atoms with E-state index in [2.05, 4.69) is 10.4 Å². The van der Waals surface area contributed by atoms with E-state index in [4.69, 9.17) is 16.3 Å². The van der Waals surface area contributed by atoms with Crippen molar-refractivity contribution in [2.45, 2.75) is 32.3 Å². The van der Waals surface area contributed by atoms with Crippen LogP contribution in [0.25, 0.3) is 16.8 Å². The summed E-state index contributed by atoms with van der Waals surface area (Å²) in [5.41, 5.74) is 4.07. The average Bonchev–Trinajstić information content (AvgIpc) is 3.61. The molecule has 0 saturated heterocycles. The average molecular weight is 516 g/mol. The van der Waals surface area contributed by atoms with Crippen LogP contribution in [0, 0.1) is 5.41 Å². The summed E-state index contributed by atoms with van der Waals surface area (Å²) >= 11 is 6.31. The highest BCUT2D eigenvalue weighted by molar-refractivity contribution is 6.33. The zero-order valence-electron chi connectivity index (χ0n) is 20.2. The van der Waals surface area contributed by atoms with Gasteiger partial charge in [0.1, 0.15) is 11.1 Å². The summed E-state index contributed by atoms with van der Waals surface area (Å²) in [5, 5.41) is 16.7. The van der Waals surface area contributed by atoms with Gasteiger partial charge in [-0.15, -0.1) is 0 Å². The van der Waals surface area contributed by atoms with Crippen molar-refractivity contribution in [2.75, 3.05) is 5.32 Å². The topological polar surface area (TPSA) is 93.5 Å². The first-order valence-corrected chi connectivity index (χ1v) is 12.4. The third-order valence-corrected chi connectivity index (χ3v) is 7.02. The molecule has 188 valence electrons. The van der Waals surface area contributed by atoms with Crippen LogP contribution in [-0.4, -0.2) is 26.9 Å². The summed E-state index contributed by atoms with van der Waals surface area (Å²) in [7, 11) is 0. The number of nitrogens with one attached hydrogen (secondary N) is 1. The second kappa shape index (κ2) is 10.1. The molecule has 1 aliphatic carbocycles. The van der Waals surface area contributed by atoms with Crippen LogP contribution in [0.5, 0.6) is 0 Å². The molecule has 1 aliphatic rings. The van der Waals surface area contributed by atoms with Gasteiger partial charge in [0.15, 0.2) is 5.82 Å². The Balaban J connectivity index is 1.27. The van der Waals surface area contributed by atoms with E-state index in [-0.39, 0.29) is 0 Å². The van der Waals surface area contributed by atoms with E-state index in [1.165, 1.54) is 6.20 Å². The maximum atomic E-state index is 12.6. The minimum absolute atomic E-state index is 0.291. The third-order valence-electron chi connectivity index (χ3n) is 6.75. The van der Waals surface area contributed by atoms with Crippen molar-refractivity contribution >= 4 is 29.5 Å². The Morgan fingerprint density at radius 2 is 1.65 bits per heavy atom. The normalized spacial score (nSPS) is 14.5. The van der Waals surface area contributed by atoms with Crippen molar-refractivity contribution in [2.24, 2.45) is 5.41 Å². The van der Waals surface area contributed by atoms with Crippen molar-refractivity contribution < 1.29 is 19.4 Å². The summed E-state index contributed by atoms with van der Waals surface area (Å²) in [6.07, 6.45) is 2.44. The largest absolute Gasteiger partial charge is 0.481 e. The van der Waals surface area contributed by atoms with Crippen molar-refractivity contribution in [3.05, 3.63) is 101 Å². The van der Waals surface area contributed by atoms with Gasteiger partial charge in [0.05, 0.1) is 17.3 Å². The Kier molecular flexibility index (Phi) is 6.72. The van der Waals surface area contributed by atoms with E-state index in [9.17, 15) is 14.7 Å². The minimum Gasteiger partial charge on any atom is -0.481 e. The van der Waals surface area contributed by atoms with Crippen LogP contribution in [0.1, 0.15) is 37.0 Å². The van der Waals surface area contributed by atoms with E-state index in [1.807, 2.05) is 78.9 Å². The Morgan fingerprint density at radius 1 is 1.03 bits per heavy atom. The maximum absolute atomic E-state index is 12.6. The Bertz CT molecular complexity index is 1410. The van der Waals surface area contributed by atoms with Gasteiger partial charge in [0.2, 0.25) is 0 Å². The number of nitrogens with zero attached hydrogens (tertiary/aromatic N) is 2. The molecule has 8 heteroatoms. The number of halogens is 1. The lowest BCUT2D eigenvalue weighted by atomic mass is 9.95. The molecule has 1 fully saturated rings. The lowest BCUT2D eigenvalue weighted by molar-refractivity contribution is -0.143. The van der Waals surface area contributed by atoms with Gasteiger partial charge in [-0.3, -0.25) is 10.1 Å². The molecule has 4 aromatic rings. The summed E-state index contributed by atoms with van der Waals surface area (Å²) in [5.74, 6) is -0.393. The van der Waals surface area contributed by atoms with Crippen LogP contribution in [0.2, 0.25) is 5.02 Å². The van der Waals surface area contributed by atoms with Crippen LogP contribution < -0.4 is 5.32 Å². The number of amides is 1. The van der Waals surface area contributed by atoms with Crippen LogP contribution in [0.3, 0.4) is 0 Å². The monoisotopic (exact) mass is 515 g/mol. The standard InChI is InChI=1S/C29H26ClN3O4/c1-19(21-5-3-2-4-6-21)37-28(36)32-26-25(30)18-31-33(26)24-13-11-23(12-14-24)22-9-7-20(8-10-22)17-29(15-16-29)27(34)35/h2-14,18-19H,15-17H2,1H3,(H,32,36)(H,34,35)/t19-/m1/s1. The molecule has 1 saturated carbocycles. The molecular formula is C29H26ClN3O4. The molecule has 0 bridgehead atoms. The number of carbonyl (C=O) groups excluding carboxylic acids is 1. The molecule has 0 aliphatic heterocycles. The molecule has 2 N–H and O–H groups in total. The number of hydrogen-bond donors (Lipinski definition) is 2. The van der Waals surface area contributed by atoms with Crippen molar-refractivity contribution in [1.29, 1.82) is 0 Å². The first-order chi connectivity index (χ1) is 17.8. The smallest absolute Gasteiger partial charge is 0.413 e. The molecule has 37 heavy (non-hydrogen) atoms.